The Morgan fingerprint density at radius 3 is 2.42 bits per heavy atom. The zero-order chi connectivity index (χ0) is 21.8. The third-order valence-corrected chi connectivity index (χ3v) is 6.42. The summed E-state index contributed by atoms with van der Waals surface area (Å²) in [5, 5.41) is 2.71. The molecule has 0 saturated carbocycles. The number of fused-ring (bicyclic) bond motifs is 1. The maximum Gasteiger partial charge on any atom is 0.264 e. The molecule has 0 unspecified atom stereocenters. The molecular formula is C22H20N2O6S. The molecule has 0 atom stereocenters. The van der Waals surface area contributed by atoms with Crippen LogP contribution >= 0.6 is 0 Å². The van der Waals surface area contributed by atoms with Gasteiger partial charge >= 0.3 is 0 Å². The minimum Gasteiger partial charge on any atom is -0.497 e. The molecule has 3 aromatic rings. The van der Waals surface area contributed by atoms with Crippen LogP contribution in [0.1, 0.15) is 0 Å². The highest BCUT2D eigenvalue weighted by molar-refractivity contribution is 7.92. The van der Waals surface area contributed by atoms with Gasteiger partial charge in [0.25, 0.3) is 10.0 Å². The normalized spacial score (nSPS) is 12.3. The molecule has 1 amide bonds. The zero-order valence-corrected chi connectivity index (χ0v) is 17.5. The van der Waals surface area contributed by atoms with Crippen LogP contribution in [0.2, 0.25) is 0 Å². The highest BCUT2D eigenvalue weighted by Crippen LogP contribution is 2.34. The largest absolute Gasteiger partial charge is 0.497 e. The molecule has 31 heavy (non-hydrogen) atoms. The fraction of sp³-hybridized carbons (Fsp3) is 0.136. The molecule has 0 radical (unpaired) electrons. The van der Waals surface area contributed by atoms with E-state index in [4.69, 9.17) is 14.2 Å². The Labute approximate surface area is 180 Å². The number of nitrogens with one attached hydrogen (secondary N) is 1. The molecule has 0 fully saturated rings. The van der Waals surface area contributed by atoms with E-state index in [2.05, 4.69) is 5.32 Å². The zero-order valence-electron chi connectivity index (χ0n) is 16.6. The second kappa shape index (κ2) is 8.57. The van der Waals surface area contributed by atoms with E-state index in [9.17, 15) is 13.2 Å². The number of anilines is 2. The van der Waals surface area contributed by atoms with Crippen LogP contribution in [-0.2, 0) is 14.8 Å². The van der Waals surface area contributed by atoms with E-state index >= 15 is 0 Å². The van der Waals surface area contributed by atoms with Crippen molar-refractivity contribution in [3.8, 4) is 17.2 Å². The van der Waals surface area contributed by atoms with Crippen LogP contribution in [0, 0.1) is 0 Å². The molecule has 3 aromatic carbocycles. The Bertz CT molecular complexity index is 1180. The number of carbonyl (C=O) groups excluding carboxylic acids is 1. The van der Waals surface area contributed by atoms with E-state index in [1.807, 2.05) is 0 Å². The first-order chi connectivity index (χ1) is 15.0. The summed E-state index contributed by atoms with van der Waals surface area (Å²) in [7, 11) is -2.50. The van der Waals surface area contributed by atoms with E-state index < -0.39 is 22.5 Å². The van der Waals surface area contributed by atoms with Crippen molar-refractivity contribution in [2.75, 3.05) is 30.1 Å². The number of nitrogens with zero attached hydrogens (tertiary/aromatic N) is 1. The van der Waals surface area contributed by atoms with Gasteiger partial charge in [-0.2, -0.15) is 0 Å². The maximum atomic E-state index is 13.3. The van der Waals surface area contributed by atoms with Gasteiger partial charge in [-0.3, -0.25) is 9.10 Å². The van der Waals surface area contributed by atoms with Gasteiger partial charge in [0.05, 0.1) is 17.7 Å². The lowest BCUT2D eigenvalue weighted by molar-refractivity contribution is -0.114. The Balaban J connectivity index is 1.60. The summed E-state index contributed by atoms with van der Waals surface area (Å²) in [6.07, 6.45) is 0. The number of sulfonamides is 1. The topological polar surface area (TPSA) is 94.2 Å². The van der Waals surface area contributed by atoms with E-state index in [0.717, 1.165) is 4.31 Å². The van der Waals surface area contributed by atoms with Crippen molar-refractivity contribution in [2.45, 2.75) is 4.90 Å². The molecular weight excluding hydrogens is 420 g/mol. The first-order valence-corrected chi connectivity index (χ1v) is 10.8. The number of ether oxygens (including phenoxy) is 3. The van der Waals surface area contributed by atoms with Crippen molar-refractivity contribution in [1.29, 1.82) is 0 Å². The number of para-hydroxylation sites is 1. The minimum absolute atomic E-state index is 0.0491. The van der Waals surface area contributed by atoms with Crippen molar-refractivity contribution in [3.05, 3.63) is 72.8 Å². The number of rotatable bonds is 7. The average molecular weight is 440 g/mol. The number of methoxy groups -OCH3 is 1. The molecule has 160 valence electrons. The molecule has 9 heteroatoms. The Hall–Kier alpha value is -3.72. The molecule has 4 rings (SSSR count). The van der Waals surface area contributed by atoms with Gasteiger partial charge in [-0.05, 0) is 48.5 Å². The predicted molar refractivity (Wildman–Crippen MR) is 115 cm³/mol. The maximum absolute atomic E-state index is 13.3. The summed E-state index contributed by atoms with van der Waals surface area (Å²) in [5.74, 6) is 1.14. The first-order valence-electron chi connectivity index (χ1n) is 9.39. The lowest BCUT2D eigenvalue weighted by atomic mass is 10.2. The molecule has 0 aromatic heterocycles. The Morgan fingerprint density at radius 2 is 1.71 bits per heavy atom. The van der Waals surface area contributed by atoms with E-state index in [-0.39, 0.29) is 11.7 Å². The first kappa shape index (κ1) is 20.5. The SMILES string of the molecule is COc1ccc(S(=O)(=O)N(CC(=O)Nc2ccc3c(c2)OCO3)c2ccccc2)cc1. The fourth-order valence-electron chi connectivity index (χ4n) is 3.09. The molecule has 0 spiro atoms. The van der Waals surface area contributed by atoms with E-state index in [1.165, 1.54) is 19.2 Å². The lowest BCUT2D eigenvalue weighted by Gasteiger charge is -2.24. The van der Waals surface area contributed by atoms with E-state index in [0.29, 0.717) is 28.6 Å². The highest BCUT2D eigenvalue weighted by atomic mass is 32.2. The number of hydrogen-bond acceptors (Lipinski definition) is 6. The van der Waals surface area contributed by atoms with Crippen molar-refractivity contribution in [2.24, 2.45) is 0 Å². The third kappa shape index (κ3) is 4.41. The summed E-state index contributed by atoms with van der Waals surface area (Å²) < 4.78 is 43.4. The highest BCUT2D eigenvalue weighted by Gasteiger charge is 2.27. The van der Waals surface area contributed by atoms with Gasteiger partial charge in [-0.15, -0.1) is 0 Å². The van der Waals surface area contributed by atoms with Crippen LogP contribution in [0.3, 0.4) is 0 Å². The standard InChI is InChI=1S/C22H20N2O6S/c1-28-18-8-10-19(11-9-18)31(26,27)24(17-5-3-2-4-6-17)14-22(25)23-16-7-12-20-21(13-16)30-15-29-20/h2-13H,14-15H2,1H3,(H,23,25). The number of benzene rings is 3. The minimum atomic E-state index is -4.00. The molecule has 0 bridgehead atoms. The van der Waals surface area contributed by atoms with Crippen LogP contribution in [0.4, 0.5) is 11.4 Å². The Morgan fingerprint density at radius 1 is 1.00 bits per heavy atom. The van der Waals surface area contributed by atoms with Crippen LogP contribution in [-0.4, -0.2) is 34.8 Å². The summed E-state index contributed by atoms with van der Waals surface area (Å²) in [4.78, 5) is 12.8. The van der Waals surface area contributed by atoms with Gasteiger partial charge in [-0.1, -0.05) is 18.2 Å². The van der Waals surface area contributed by atoms with Crippen molar-refractivity contribution in [1.82, 2.24) is 0 Å². The van der Waals surface area contributed by atoms with Gasteiger partial charge in [0.15, 0.2) is 11.5 Å². The quantitative estimate of drug-likeness (QED) is 0.606. The van der Waals surface area contributed by atoms with E-state index in [1.54, 1.807) is 60.7 Å². The smallest absolute Gasteiger partial charge is 0.264 e. The fourth-order valence-corrected chi connectivity index (χ4v) is 4.51. The molecule has 1 aliphatic rings. The molecule has 1 N–H and O–H groups in total. The second-order valence-electron chi connectivity index (χ2n) is 6.64. The average Bonchev–Trinajstić information content (AvgIpc) is 3.26. The summed E-state index contributed by atoms with van der Waals surface area (Å²) in [6, 6.07) is 19.4. The molecule has 1 heterocycles. The van der Waals surface area contributed by atoms with Gasteiger partial charge in [-0.25, -0.2) is 8.42 Å². The summed E-state index contributed by atoms with van der Waals surface area (Å²) in [6.45, 7) is -0.290. The lowest BCUT2D eigenvalue weighted by Crippen LogP contribution is -2.38. The van der Waals surface area contributed by atoms with Crippen molar-refractivity contribution >= 4 is 27.3 Å². The van der Waals surface area contributed by atoms with Gasteiger partial charge in [0.2, 0.25) is 12.7 Å². The summed E-state index contributed by atoms with van der Waals surface area (Å²) >= 11 is 0. The second-order valence-corrected chi connectivity index (χ2v) is 8.50. The number of carbonyl (C=O) groups is 1. The van der Waals surface area contributed by atoms with Gasteiger partial charge < -0.3 is 19.5 Å². The van der Waals surface area contributed by atoms with Crippen LogP contribution in [0.25, 0.3) is 0 Å². The van der Waals surface area contributed by atoms with Crippen molar-refractivity contribution in [3.63, 3.8) is 0 Å². The van der Waals surface area contributed by atoms with Crippen molar-refractivity contribution < 1.29 is 27.4 Å². The molecule has 0 saturated heterocycles. The molecule has 0 aliphatic carbocycles. The van der Waals surface area contributed by atoms with Crippen LogP contribution < -0.4 is 23.8 Å². The third-order valence-electron chi connectivity index (χ3n) is 4.64. The summed E-state index contributed by atoms with van der Waals surface area (Å²) in [5.41, 5.74) is 0.850. The Kier molecular flexibility index (Phi) is 5.68. The number of hydrogen-bond donors (Lipinski definition) is 1. The van der Waals surface area contributed by atoms with Crippen LogP contribution in [0.5, 0.6) is 17.2 Å². The predicted octanol–water partition coefficient (Wildman–Crippen LogP) is 3.26. The van der Waals surface area contributed by atoms with Gasteiger partial charge in [0.1, 0.15) is 12.3 Å². The molecule has 1 aliphatic heterocycles. The monoisotopic (exact) mass is 440 g/mol. The van der Waals surface area contributed by atoms with Crippen LogP contribution in [0.15, 0.2) is 77.7 Å². The number of amides is 1. The molecule has 8 nitrogen and oxygen atoms in total. The van der Waals surface area contributed by atoms with Gasteiger partial charge in [0, 0.05) is 11.8 Å².